The largest absolute Gasteiger partial charge is 0.459 e. The number of nitrogens with zero attached hydrogens (tertiary/aromatic N) is 1. The van der Waals surface area contributed by atoms with E-state index in [4.69, 9.17) is 9.15 Å². The molecule has 1 N–H and O–H groups in total. The number of fused-ring (bicyclic) bond motifs is 1. The number of amides is 1. The van der Waals surface area contributed by atoms with E-state index in [1.165, 1.54) is 17.4 Å². The van der Waals surface area contributed by atoms with Gasteiger partial charge in [0.1, 0.15) is 0 Å². The molecule has 1 aromatic heterocycles. The van der Waals surface area contributed by atoms with Crippen molar-refractivity contribution in [1.29, 1.82) is 0 Å². The zero-order valence-electron chi connectivity index (χ0n) is 15.7. The SMILES string of the molecule is Cc1ccc(CN2C[C@@H]3[C@H](CNC(=O)c4ccco4)[C@H]4CC[C@]3(C2)O4)cc1. The molecular formula is C22H26N2O3. The monoisotopic (exact) mass is 366 g/mol. The molecule has 2 bridgehead atoms. The number of benzene rings is 1. The van der Waals surface area contributed by atoms with Gasteiger partial charge in [-0.3, -0.25) is 9.69 Å². The topological polar surface area (TPSA) is 54.7 Å². The highest BCUT2D eigenvalue weighted by molar-refractivity contribution is 5.91. The second kappa shape index (κ2) is 6.50. The smallest absolute Gasteiger partial charge is 0.286 e. The van der Waals surface area contributed by atoms with Crippen molar-refractivity contribution in [1.82, 2.24) is 10.2 Å². The number of rotatable bonds is 5. The third kappa shape index (κ3) is 2.99. The first-order valence-electron chi connectivity index (χ1n) is 9.90. The summed E-state index contributed by atoms with van der Waals surface area (Å²) in [6, 6.07) is 12.2. The minimum atomic E-state index is -0.133. The molecule has 27 heavy (non-hydrogen) atoms. The summed E-state index contributed by atoms with van der Waals surface area (Å²) in [5.74, 6) is 1.13. The van der Waals surface area contributed by atoms with Crippen LogP contribution in [0.3, 0.4) is 0 Å². The normalized spacial score (nSPS) is 32.0. The third-order valence-corrected chi connectivity index (χ3v) is 6.62. The molecule has 0 aliphatic carbocycles. The maximum absolute atomic E-state index is 12.2. The average Bonchev–Trinajstić information content (AvgIpc) is 3.42. The summed E-state index contributed by atoms with van der Waals surface area (Å²) in [6.45, 7) is 5.81. The second-order valence-electron chi connectivity index (χ2n) is 8.37. The van der Waals surface area contributed by atoms with E-state index in [2.05, 4.69) is 41.4 Å². The third-order valence-electron chi connectivity index (χ3n) is 6.62. The Morgan fingerprint density at radius 1 is 1.30 bits per heavy atom. The van der Waals surface area contributed by atoms with E-state index in [0.29, 0.717) is 24.1 Å². The van der Waals surface area contributed by atoms with Gasteiger partial charge in [0.15, 0.2) is 5.76 Å². The number of hydrogen-bond donors (Lipinski definition) is 1. The number of carbonyl (C=O) groups excluding carboxylic acids is 1. The molecule has 3 aliphatic rings. The summed E-state index contributed by atoms with van der Waals surface area (Å²) in [5, 5.41) is 3.06. The highest BCUT2D eigenvalue weighted by Crippen LogP contribution is 2.54. The van der Waals surface area contributed by atoms with Crippen LogP contribution in [0.15, 0.2) is 47.1 Å². The van der Waals surface area contributed by atoms with Crippen LogP contribution < -0.4 is 5.32 Å². The van der Waals surface area contributed by atoms with Crippen LogP contribution in [0.25, 0.3) is 0 Å². The fourth-order valence-electron chi connectivity index (χ4n) is 5.34. The Labute approximate surface area is 159 Å². The van der Waals surface area contributed by atoms with Crippen LogP contribution in [0.1, 0.15) is 34.5 Å². The van der Waals surface area contributed by atoms with Crippen LogP contribution in [-0.2, 0) is 11.3 Å². The quantitative estimate of drug-likeness (QED) is 0.884. The summed E-state index contributed by atoms with van der Waals surface area (Å²) >= 11 is 0. The molecule has 5 rings (SSSR count). The molecule has 1 spiro atoms. The molecule has 5 heteroatoms. The average molecular weight is 366 g/mol. The van der Waals surface area contributed by atoms with E-state index < -0.39 is 0 Å². The molecule has 4 heterocycles. The number of ether oxygens (including phenoxy) is 1. The molecule has 2 aromatic rings. The van der Waals surface area contributed by atoms with Crippen molar-refractivity contribution in [3.63, 3.8) is 0 Å². The van der Waals surface area contributed by atoms with Crippen LogP contribution in [0, 0.1) is 18.8 Å². The molecule has 0 unspecified atom stereocenters. The summed E-state index contributed by atoms with van der Waals surface area (Å²) in [5.41, 5.74) is 2.65. The molecule has 0 saturated carbocycles. The van der Waals surface area contributed by atoms with Crippen molar-refractivity contribution in [2.75, 3.05) is 19.6 Å². The van der Waals surface area contributed by atoms with Crippen LogP contribution in [0.2, 0.25) is 0 Å². The standard InChI is InChI=1S/C22H26N2O3/c1-15-4-6-16(7-5-15)12-24-13-18-17(19-8-9-22(18,14-24)27-19)11-23-21(25)20-3-2-10-26-20/h2-7,10,17-19H,8-9,11-14H2,1H3,(H,23,25)/t17-,18+,19+,22+/m0/s1. The highest BCUT2D eigenvalue weighted by atomic mass is 16.5. The molecule has 1 amide bonds. The second-order valence-corrected chi connectivity index (χ2v) is 8.37. The lowest BCUT2D eigenvalue weighted by atomic mass is 9.73. The van der Waals surface area contributed by atoms with Gasteiger partial charge in [-0.2, -0.15) is 0 Å². The van der Waals surface area contributed by atoms with E-state index in [9.17, 15) is 4.79 Å². The Hall–Kier alpha value is -2.11. The van der Waals surface area contributed by atoms with Crippen molar-refractivity contribution in [2.45, 2.75) is 38.0 Å². The lowest BCUT2D eigenvalue weighted by Crippen LogP contribution is -2.41. The molecule has 3 aliphatic heterocycles. The predicted molar refractivity (Wildman–Crippen MR) is 101 cm³/mol. The van der Waals surface area contributed by atoms with Gasteiger partial charge in [0.05, 0.1) is 18.0 Å². The fourth-order valence-corrected chi connectivity index (χ4v) is 5.34. The predicted octanol–water partition coefficient (Wildman–Crippen LogP) is 3.00. The lowest BCUT2D eigenvalue weighted by molar-refractivity contribution is 0.00211. The summed E-state index contributed by atoms with van der Waals surface area (Å²) in [7, 11) is 0. The Balaban J connectivity index is 1.25. The van der Waals surface area contributed by atoms with E-state index in [0.717, 1.165) is 32.5 Å². The zero-order valence-corrected chi connectivity index (χ0v) is 15.7. The van der Waals surface area contributed by atoms with E-state index in [1.807, 2.05) is 0 Å². The van der Waals surface area contributed by atoms with Gasteiger partial charge in [0, 0.05) is 38.0 Å². The number of carbonyl (C=O) groups is 1. The van der Waals surface area contributed by atoms with Crippen molar-refractivity contribution in [2.24, 2.45) is 11.8 Å². The molecular weight excluding hydrogens is 340 g/mol. The van der Waals surface area contributed by atoms with Crippen LogP contribution >= 0.6 is 0 Å². The Bertz CT molecular complexity index is 817. The molecule has 3 fully saturated rings. The molecule has 142 valence electrons. The summed E-state index contributed by atoms with van der Waals surface area (Å²) < 4.78 is 11.7. The number of likely N-dealkylation sites (tertiary alicyclic amines) is 1. The van der Waals surface area contributed by atoms with Crippen molar-refractivity contribution >= 4 is 5.91 Å². The number of aryl methyl sites for hydroxylation is 1. The summed E-state index contributed by atoms with van der Waals surface area (Å²) in [6.07, 6.45) is 4.07. The first-order chi connectivity index (χ1) is 13.1. The van der Waals surface area contributed by atoms with Gasteiger partial charge in [-0.05, 0) is 37.5 Å². The van der Waals surface area contributed by atoms with Crippen molar-refractivity contribution < 1.29 is 13.9 Å². The Kier molecular flexibility index (Phi) is 4.10. The minimum Gasteiger partial charge on any atom is -0.459 e. The molecule has 0 radical (unpaired) electrons. The Morgan fingerprint density at radius 3 is 2.93 bits per heavy atom. The van der Waals surface area contributed by atoms with Gasteiger partial charge in [-0.1, -0.05) is 29.8 Å². The van der Waals surface area contributed by atoms with Gasteiger partial charge in [-0.15, -0.1) is 0 Å². The first-order valence-corrected chi connectivity index (χ1v) is 9.90. The number of hydrogen-bond acceptors (Lipinski definition) is 4. The van der Waals surface area contributed by atoms with Crippen LogP contribution in [0.4, 0.5) is 0 Å². The highest BCUT2D eigenvalue weighted by Gasteiger charge is 2.62. The molecule has 1 aromatic carbocycles. The van der Waals surface area contributed by atoms with Crippen molar-refractivity contribution in [3.05, 3.63) is 59.5 Å². The lowest BCUT2D eigenvalue weighted by Gasteiger charge is -2.29. The fraction of sp³-hybridized carbons (Fsp3) is 0.500. The van der Waals surface area contributed by atoms with Gasteiger partial charge < -0.3 is 14.5 Å². The Morgan fingerprint density at radius 2 is 2.15 bits per heavy atom. The maximum Gasteiger partial charge on any atom is 0.286 e. The van der Waals surface area contributed by atoms with Gasteiger partial charge in [0.25, 0.3) is 5.91 Å². The van der Waals surface area contributed by atoms with Gasteiger partial charge in [0.2, 0.25) is 0 Å². The van der Waals surface area contributed by atoms with E-state index >= 15 is 0 Å². The van der Waals surface area contributed by atoms with Crippen LogP contribution in [-0.4, -0.2) is 42.1 Å². The number of furan rings is 1. The van der Waals surface area contributed by atoms with Crippen molar-refractivity contribution in [3.8, 4) is 0 Å². The molecule has 5 nitrogen and oxygen atoms in total. The van der Waals surface area contributed by atoms with E-state index in [1.54, 1.807) is 12.1 Å². The first kappa shape index (κ1) is 17.0. The molecule has 3 saturated heterocycles. The van der Waals surface area contributed by atoms with Crippen LogP contribution in [0.5, 0.6) is 0 Å². The van der Waals surface area contributed by atoms with Gasteiger partial charge in [-0.25, -0.2) is 0 Å². The molecule has 4 atom stereocenters. The maximum atomic E-state index is 12.2. The van der Waals surface area contributed by atoms with E-state index in [-0.39, 0.29) is 17.6 Å². The minimum absolute atomic E-state index is 0.00452. The zero-order chi connectivity index (χ0) is 18.4. The summed E-state index contributed by atoms with van der Waals surface area (Å²) in [4.78, 5) is 14.8. The van der Waals surface area contributed by atoms with Gasteiger partial charge >= 0.3 is 0 Å². The number of nitrogens with one attached hydrogen (secondary N) is 1.